The van der Waals surface area contributed by atoms with E-state index in [4.69, 9.17) is 0 Å². The van der Waals surface area contributed by atoms with Crippen LogP contribution in [0, 0.1) is 0 Å². The highest BCUT2D eigenvalue weighted by atomic mass is 32.2. The second kappa shape index (κ2) is 8.17. The molecule has 2 aromatic heterocycles. The van der Waals surface area contributed by atoms with Gasteiger partial charge in [0.2, 0.25) is 10.0 Å². The number of nitrogens with one attached hydrogen (secondary N) is 1. The third-order valence-electron chi connectivity index (χ3n) is 3.54. The van der Waals surface area contributed by atoms with E-state index in [-0.39, 0.29) is 17.0 Å². The van der Waals surface area contributed by atoms with E-state index < -0.39 is 10.0 Å². The monoisotopic (exact) mass is 407 g/mol. The Morgan fingerprint density at radius 3 is 2.77 bits per heavy atom. The van der Waals surface area contributed by atoms with Crippen LogP contribution in [0.25, 0.3) is 10.2 Å². The summed E-state index contributed by atoms with van der Waals surface area (Å²) in [5.41, 5.74) is -0.108. The van der Waals surface area contributed by atoms with Crippen LogP contribution in [0.4, 0.5) is 0 Å². The molecule has 0 fully saturated rings. The van der Waals surface area contributed by atoms with E-state index in [0.29, 0.717) is 27.7 Å². The van der Waals surface area contributed by atoms with E-state index in [1.54, 1.807) is 47.0 Å². The molecular weight excluding hydrogens is 390 g/mol. The van der Waals surface area contributed by atoms with Gasteiger partial charge < -0.3 is 0 Å². The van der Waals surface area contributed by atoms with Gasteiger partial charge in [-0.05, 0) is 23.6 Å². The Morgan fingerprint density at radius 2 is 2.04 bits per heavy atom. The lowest BCUT2D eigenvalue weighted by molar-refractivity contribution is 0.584. The zero-order valence-electron chi connectivity index (χ0n) is 13.8. The maximum Gasteiger partial charge on any atom is 0.263 e. The van der Waals surface area contributed by atoms with Crippen molar-refractivity contribution in [1.29, 1.82) is 0 Å². The topological polar surface area (TPSA) is 81.1 Å². The Morgan fingerprint density at radius 1 is 1.27 bits per heavy atom. The number of sulfonamides is 1. The van der Waals surface area contributed by atoms with Crippen LogP contribution in [0.5, 0.6) is 0 Å². The smallest absolute Gasteiger partial charge is 0.263 e. The molecule has 3 rings (SSSR count). The summed E-state index contributed by atoms with van der Waals surface area (Å²) in [5, 5.41) is 2.98. The van der Waals surface area contributed by atoms with Crippen molar-refractivity contribution in [3.63, 3.8) is 0 Å². The van der Waals surface area contributed by atoms with Gasteiger partial charge in [0.25, 0.3) is 5.56 Å². The molecule has 0 saturated heterocycles. The third kappa shape index (κ3) is 4.07. The van der Waals surface area contributed by atoms with Gasteiger partial charge in [0.05, 0.1) is 10.3 Å². The van der Waals surface area contributed by atoms with Crippen LogP contribution < -0.4 is 10.3 Å². The fourth-order valence-corrected chi connectivity index (χ4v) is 5.18. The van der Waals surface area contributed by atoms with Crippen molar-refractivity contribution < 1.29 is 8.42 Å². The minimum absolute atomic E-state index is 0.108. The summed E-state index contributed by atoms with van der Waals surface area (Å²) in [6.45, 7) is 4.27. The molecular formula is C17H17N3O3S3. The minimum atomic E-state index is -3.54. The standard InChI is InChI=1S/C17H17N3O3S3/c1-2-10-20-16(21)14-8-11-24-15(14)19-17(20)25-12-9-18-26(22,23)13-6-4-3-5-7-13/h2-8,11,18H,1,9-10,12H2. The molecule has 0 aliphatic rings. The third-order valence-corrected chi connectivity index (χ3v) is 6.80. The fraction of sp³-hybridized carbons (Fsp3) is 0.176. The summed E-state index contributed by atoms with van der Waals surface area (Å²) in [4.78, 5) is 18.0. The lowest BCUT2D eigenvalue weighted by Crippen LogP contribution is -2.27. The molecule has 9 heteroatoms. The number of nitrogens with zero attached hydrogens (tertiary/aromatic N) is 2. The Balaban J connectivity index is 1.71. The van der Waals surface area contributed by atoms with Crippen molar-refractivity contribution in [2.45, 2.75) is 16.6 Å². The lowest BCUT2D eigenvalue weighted by atomic mass is 10.4. The van der Waals surface area contributed by atoms with Crippen molar-refractivity contribution >= 4 is 43.3 Å². The minimum Gasteiger partial charge on any atom is -0.283 e. The second-order valence-electron chi connectivity index (χ2n) is 5.30. The predicted molar refractivity (Wildman–Crippen MR) is 106 cm³/mol. The van der Waals surface area contributed by atoms with Crippen LogP contribution in [0.3, 0.4) is 0 Å². The summed E-state index contributed by atoms with van der Waals surface area (Å²) < 4.78 is 28.5. The van der Waals surface area contributed by atoms with Crippen molar-refractivity contribution in [3.8, 4) is 0 Å². The summed E-state index contributed by atoms with van der Waals surface area (Å²) >= 11 is 2.75. The number of hydrogen-bond acceptors (Lipinski definition) is 6. The molecule has 0 amide bonds. The van der Waals surface area contributed by atoms with Gasteiger partial charge in [-0.2, -0.15) is 0 Å². The Labute approximate surface area is 159 Å². The number of hydrogen-bond donors (Lipinski definition) is 1. The first-order valence-electron chi connectivity index (χ1n) is 7.79. The fourth-order valence-electron chi connectivity index (χ4n) is 2.33. The maximum absolute atomic E-state index is 12.5. The Kier molecular flexibility index (Phi) is 5.92. The van der Waals surface area contributed by atoms with E-state index in [1.807, 2.05) is 5.38 Å². The number of fused-ring (bicyclic) bond motifs is 1. The van der Waals surface area contributed by atoms with E-state index >= 15 is 0 Å². The van der Waals surface area contributed by atoms with Gasteiger partial charge in [-0.15, -0.1) is 17.9 Å². The summed E-state index contributed by atoms with van der Waals surface area (Å²) in [6.07, 6.45) is 1.64. The summed E-state index contributed by atoms with van der Waals surface area (Å²) in [7, 11) is -3.54. The molecule has 1 aromatic carbocycles. The SMILES string of the molecule is C=CCn1c(SCCNS(=O)(=O)c2ccccc2)nc2sccc2c1=O. The molecule has 0 saturated carbocycles. The van der Waals surface area contributed by atoms with Gasteiger partial charge in [-0.1, -0.05) is 36.0 Å². The molecule has 0 atom stereocenters. The summed E-state index contributed by atoms with van der Waals surface area (Å²) in [6, 6.07) is 9.97. The maximum atomic E-state index is 12.5. The molecule has 0 bridgehead atoms. The van der Waals surface area contributed by atoms with Crippen molar-refractivity contribution in [3.05, 3.63) is 64.8 Å². The first kappa shape index (κ1) is 18.8. The van der Waals surface area contributed by atoms with Gasteiger partial charge in [0, 0.05) is 18.8 Å². The number of thiophene rings is 1. The number of benzene rings is 1. The van der Waals surface area contributed by atoms with E-state index in [1.165, 1.54) is 23.1 Å². The predicted octanol–water partition coefficient (Wildman–Crippen LogP) is 2.71. The van der Waals surface area contributed by atoms with Gasteiger partial charge >= 0.3 is 0 Å². The molecule has 0 aliphatic heterocycles. The molecule has 0 unspecified atom stereocenters. The number of allylic oxidation sites excluding steroid dienone is 1. The van der Waals surface area contributed by atoms with Crippen molar-refractivity contribution in [2.75, 3.05) is 12.3 Å². The average molecular weight is 408 g/mol. The number of thioether (sulfide) groups is 1. The van der Waals surface area contributed by atoms with Crippen molar-refractivity contribution in [2.24, 2.45) is 0 Å². The zero-order chi connectivity index (χ0) is 18.6. The first-order valence-corrected chi connectivity index (χ1v) is 11.1. The molecule has 3 aromatic rings. The van der Waals surface area contributed by atoms with E-state index in [2.05, 4.69) is 16.3 Å². The highest BCUT2D eigenvalue weighted by Gasteiger charge is 2.14. The molecule has 2 heterocycles. The highest BCUT2D eigenvalue weighted by molar-refractivity contribution is 7.99. The summed E-state index contributed by atoms with van der Waals surface area (Å²) in [5.74, 6) is 0.451. The quantitative estimate of drug-likeness (QED) is 0.269. The average Bonchev–Trinajstić information content (AvgIpc) is 3.11. The number of rotatable bonds is 8. The van der Waals surface area contributed by atoms with Gasteiger partial charge in [0.1, 0.15) is 4.83 Å². The molecule has 26 heavy (non-hydrogen) atoms. The van der Waals surface area contributed by atoms with Crippen LogP contribution in [-0.2, 0) is 16.6 Å². The van der Waals surface area contributed by atoms with Crippen LogP contribution in [0.2, 0.25) is 0 Å². The first-order chi connectivity index (χ1) is 12.5. The number of aromatic nitrogens is 2. The molecule has 0 radical (unpaired) electrons. The second-order valence-corrected chi connectivity index (χ2v) is 9.02. The van der Waals surface area contributed by atoms with Crippen LogP contribution in [-0.4, -0.2) is 30.3 Å². The normalized spacial score (nSPS) is 11.7. The molecule has 136 valence electrons. The molecule has 1 N–H and O–H groups in total. The van der Waals surface area contributed by atoms with Crippen molar-refractivity contribution in [1.82, 2.24) is 14.3 Å². The Bertz CT molecular complexity index is 1070. The van der Waals surface area contributed by atoms with E-state index in [0.717, 1.165) is 0 Å². The van der Waals surface area contributed by atoms with Crippen LogP contribution in [0.15, 0.2) is 69.3 Å². The largest absolute Gasteiger partial charge is 0.283 e. The van der Waals surface area contributed by atoms with Crippen LogP contribution in [0.1, 0.15) is 0 Å². The molecule has 0 spiro atoms. The van der Waals surface area contributed by atoms with Crippen LogP contribution >= 0.6 is 23.1 Å². The zero-order valence-corrected chi connectivity index (χ0v) is 16.2. The highest BCUT2D eigenvalue weighted by Crippen LogP contribution is 2.21. The Hall–Kier alpha value is -1.94. The van der Waals surface area contributed by atoms with Gasteiger partial charge in [0.15, 0.2) is 5.16 Å². The molecule has 6 nitrogen and oxygen atoms in total. The lowest BCUT2D eigenvalue weighted by Gasteiger charge is -2.10. The van der Waals surface area contributed by atoms with Gasteiger partial charge in [-0.25, -0.2) is 18.1 Å². The molecule has 0 aliphatic carbocycles. The van der Waals surface area contributed by atoms with E-state index in [9.17, 15) is 13.2 Å². The van der Waals surface area contributed by atoms with Gasteiger partial charge in [-0.3, -0.25) is 9.36 Å².